The Morgan fingerprint density at radius 2 is 1.58 bits per heavy atom. The average Bonchev–Trinajstić information content (AvgIpc) is 2.77. The summed E-state index contributed by atoms with van der Waals surface area (Å²) in [6, 6.07) is 3.64. The number of rotatable bonds is 5. The minimum atomic E-state index is -0.679. The van der Waals surface area contributed by atoms with Gasteiger partial charge >= 0.3 is 12.2 Å². The van der Waals surface area contributed by atoms with E-state index in [1.54, 1.807) is 4.90 Å². The van der Waals surface area contributed by atoms with Crippen molar-refractivity contribution < 1.29 is 19.1 Å². The lowest BCUT2D eigenvalue weighted by Gasteiger charge is -2.37. The Bertz CT molecular complexity index is 1170. The highest BCUT2D eigenvalue weighted by atomic mass is 79.9. The molecule has 3 rings (SSSR count). The summed E-state index contributed by atoms with van der Waals surface area (Å²) in [5, 5.41) is 1.28. The SMILES string of the molecule is CN(C)CCN(C(=O)OC(C)(C)C)c1nc(N2CCN(C(=O)OC(C)(C)C)CC2)c2cc(Cl)c(Br)cc2n1. The summed E-state index contributed by atoms with van der Waals surface area (Å²) >= 11 is 9.94. The van der Waals surface area contributed by atoms with Gasteiger partial charge in [-0.25, -0.2) is 19.5 Å². The van der Waals surface area contributed by atoms with Gasteiger partial charge in [-0.15, -0.1) is 0 Å². The van der Waals surface area contributed by atoms with Crippen molar-refractivity contribution >= 4 is 62.4 Å². The smallest absolute Gasteiger partial charge is 0.417 e. The summed E-state index contributed by atoms with van der Waals surface area (Å²) in [4.78, 5) is 42.7. The largest absolute Gasteiger partial charge is 0.444 e. The van der Waals surface area contributed by atoms with E-state index in [-0.39, 0.29) is 12.0 Å². The van der Waals surface area contributed by atoms with Crippen molar-refractivity contribution in [3.8, 4) is 0 Å². The molecule has 2 aromatic rings. The van der Waals surface area contributed by atoms with Gasteiger partial charge in [0.1, 0.15) is 17.0 Å². The predicted octanol–water partition coefficient (Wildman–Crippen LogP) is 5.41. The van der Waals surface area contributed by atoms with Crippen molar-refractivity contribution in [1.82, 2.24) is 19.8 Å². The molecule has 0 atom stereocenters. The quantitative estimate of drug-likeness (QED) is 0.443. The van der Waals surface area contributed by atoms with E-state index in [9.17, 15) is 9.59 Å². The van der Waals surface area contributed by atoms with E-state index >= 15 is 0 Å². The van der Waals surface area contributed by atoms with E-state index in [2.05, 4.69) is 20.8 Å². The van der Waals surface area contributed by atoms with Crippen LogP contribution in [0, 0.1) is 0 Å². The van der Waals surface area contributed by atoms with Crippen LogP contribution >= 0.6 is 27.5 Å². The zero-order valence-corrected chi connectivity index (χ0v) is 25.8. The van der Waals surface area contributed by atoms with Gasteiger partial charge in [0.2, 0.25) is 5.95 Å². The van der Waals surface area contributed by atoms with E-state index in [0.717, 1.165) is 5.39 Å². The molecule has 38 heavy (non-hydrogen) atoms. The van der Waals surface area contributed by atoms with Gasteiger partial charge in [-0.2, -0.15) is 4.98 Å². The number of nitrogens with zero attached hydrogens (tertiary/aromatic N) is 6. The number of hydrogen-bond donors (Lipinski definition) is 0. The third kappa shape index (κ3) is 8.07. The number of benzene rings is 1. The first kappa shape index (κ1) is 30.2. The molecular formula is C26H38BrClN6O4. The van der Waals surface area contributed by atoms with Gasteiger partial charge in [-0.1, -0.05) is 11.6 Å². The molecule has 210 valence electrons. The van der Waals surface area contributed by atoms with Crippen LogP contribution < -0.4 is 9.80 Å². The topological polar surface area (TPSA) is 91.3 Å². The Morgan fingerprint density at radius 3 is 2.13 bits per heavy atom. The first-order valence-electron chi connectivity index (χ1n) is 12.6. The highest BCUT2D eigenvalue weighted by Crippen LogP contribution is 2.34. The number of aromatic nitrogens is 2. The summed E-state index contributed by atoms with van der Waals surface area (Å²) in [5.74, 6) is 0.883. The number of anilines is 2. The highest BCUT2D eigenvalue weighted by molar-refractivity contribution is 9.10. The number of halogens is 2. The number of fused-ring (bicyclic) bond motifs is 1. The predicted molar refractivity (Wildman–Crippen MR) is 154 cm³/mol. The van der Waals surface area contributed by atoms with Crippen molar-refractivity contribution in [2.45, 2.75) is 52.7 Å². The standard InChI is InChI=1S/C26H38BrClN6O4/c1-25(2,3)37-23(35)33-12-10-32(11-13-33)21-17-15-19(28)18(27)16-20(17)29-22(30-21)34(14-9-31(7)8)24(36)38-26(4,5)6/h15-16H,9-14H2,1-8H3. The summed E-state index contributed by atoms with van der Waals surface area (Å²) in [7, 11) is 3.87. The Morgan fingerprint density at radius 1 is 0.974 bits per heavy atom. The number of likely N-dealkylation sites (N-methyl/N-ethyl adjacent to an activating group) is 1. The van der Waals surface area contributed by atoms with Crippen LogP contribution in [0.15, 0.2) is 16.6 Å². The van der Waals surface area contributed by atoms with Gasteiger partial charge in [-0.05, 0) is 83.7 Å². The second kappa shape index (κ2) is 11.8. The number of piperazine rings is 1. The first-order chi connectivity index (χ1) is 17.5. The van der Waals surface area contributed by atoms with Crippen molar-refractivity contribution in [3.05, 3.63) is 21.6 Å². The lowest BCUT2D eigenvalue weighted by Crippen LogP contribution is -2.50. The summed E-state index contributed by atoms with van der Waals surface area (Å²) in [6.07, 6.45) is -0.857. The van der Waals surface area contributed by atoms with Crippen molar-refractivity contribution in [2.24, 2.45) is 0 Å². The molecule has 12 heteroatoms. The van der Waals surface area contributed by atoms with Crippen LogP contribution in [0.4, 0.5) is 21.4 Å². The fraction of sp³-hybridized carbons (Fsp3) is 0.615. The fourth-order valence-corrected chi connectivity index (χ4v) is 4.27. The Balaban J connectivity index is 2.00. The number of carbonyl (C=O) groups is 2. The molecule has 0 spiro atoms. The van der Waals surface area contributed by atoms with Crippen LogP contribution in [-0.2, 0) is 9.47 Å². The third-order valence-electron chi connectivity index (χ3n) is 5.56. The summed E-state index contributed by atoms with van der Waals surface area (Å²) in [6.45, 7) is 14.0. The van der Waals surface area contributed by atoms with Gasteiger partial charge in [0.05, 0.1) is 10.5 Å². The van der Waals surface area contributed by atoms with Crippen LogP contribution in [0.1, 0.15) is 41.5 Å². The molecule has 0 radical (unpaired) electrons. The number of amides is 2. The van der Waals surface area contributed by atoms with Crippen LogP contribution in [-0.4, -0.2) is 96.5 Å². The second-order valence-corrected chi connectivity index (χ2v) is 12.8. The molecule has 1 aromatic carbocycles. The number of ether oxygens (including phenoxy) is 2. The van der Waals surface area contributed by atoms with Gasteiger partial charge in [-0.3, -0.25) is 0 Å². The molecule has 1 aliphatic rings. The number of hydrogen-bond acceptors (Lipinski definition) is 8. The van der Waals surface area contributed by atoms with Crippen LogP contribution in [0.5, 0.6) is 0 Å². The maximum atomic E-state index is 13.3. The molecule has 1 saturated heterocycles. The molecule has 0 N–H and O–H groups in total. The molecule has 0 unspecified atom stereocenters. The van der Waals surface area contributed by atoms with Gasteiger partial charge in [0.15, 0.2) is 0 Å². The molecular weight excluding hydrogens is 576 g/mol. The minimum absolute atomic E-state index is 0.243. The molecule has 1 aliphatic heterocycles. The minimum Gasteiger partial charge on any atom is -0.444 e. The lowest BCUT2D eigenvalue weighted by atomic mass is 10.2. The molecule has 0 bridgehead atoms. The Hall–Kier alpha value is -2.37. The fourth-order valence-electron chi connectivity index (χ4n) is 3.77. The molecule has 2 heterocycles. The zero-order valence-electron chi connectivity index (χ0n) is 23.5. The molecule has 1 fully saturated rings. The van der Waals surface area contributed by atoms with E-state index in [0.29, 0.717) is 60.1 Å². The molecule has 1 aromatic heterocycles. The Kier molecular flexibility index (Phi) is 9.36. The van der Waals surface area contributed by atoms with E-state index in [1.807, 2.05) is 72.7 Å². The summed E-state index contributed by atoms with van der Waals surface area (Å²) in [5.41, 5.74) is -0.607. The van der Waals surface area contributed by atoms with Crippen LogP contribution in [0.3, 0.4) is 0 Å². The normalized spacial score (nSPS) is 14.7. The third-order valence-corrected chi connectivity index (χ3v) is 6.76. The van der Waals surface area contributed by atoms with E-state index < -0.39 is 17.3 Å². The molecule has 0 saturated carbocycles. The highest BCUT2D eigenvalue weighted by Gasteiger charge is 2.30. The molecule has 2 amide bonds. The number of carbonyl (C=O) groups excluding carboxylic acids is 2. The lowest BCUT2D eigenvalue weighted by molar-refractivity contribution is 0.0240. The summed E-state index contributed by atoms with van der Waals surface area (Å²) < 4.78 is 11.9. The molecule has 0 aliphatic carbocycles. The van der Waals surface area contributed by atoms with E-state index in [1.165, 1.54) is 4.90 Å². The zero-order chi connectivity index (χ0) is 28.4. The maximum Gasteiger partial charge on any atom is 0.417 e. The maximum absolute atomic E-state index is 13.3. The van der Waals surface area contributed by atoms with Crippen molar-refractivity contribution in [2.75, 3.05) is 63.2 Å². The van der Waals surface area contributed by atoms with E-state index in [4.69, 9.17) is 31.0 Å². The van der Waals surface area contributed by atoms with Gasteiger partial charge in [0.25, 0.3) is 0 Å². The van der Waals surface area contributed by atoms with Crippen LogP contribution in [0.2, 0.25) is 5.02 Å². The average molecular weight is 614 g/mol. The second-order valence-electron chi connectivity index (χ2n) is 11.5. The Labute approximate surface area is 238 Å². The first-order valence-corrected chi connectivity index (χ1v) is 13.8. The van der Waals surface area contributed by atoms with Crippen LogP contribution in [0.25, 0.3) is 10.9 Å². The van der Waals surface area contributed by atoms with Gasteiger partial charge < -0.3 is 24.2 Å². The monoisotopic (exact) mass is 612 g/mol. The molecule has 10 nitrogen and oxygen atoms in total. The van der Waals surface area contributed by atoms with Gasteiger partial charge in [0, 0.05) is 49.1 Å². The van der Waals surface area contributed by atoms with Crippen molar-refractivity contribution in [3.63, 3.8) is 0 Å². The van der Waals surface area contributed by atoms with Crippen molar-refractivity contribution in [1.29, 1.82) is 0 Å².